The van der Waals surface area contributed by atoms with Crippen molar-refractivity contribution in [3.63, 3.8) is 0 Å². The summed E-state index contributed by atoms with van der Waals surface area (Å²) >= 11 is 0. The molecule has 15 heavy (non-hydrogen) atoms. The first-order valence-corrected chi connectivity index (χ1v) is 4.81. The zero-order valence-corrected chi connectivity index (χ0v) is 9.56. The van der Waals surface area contributed by atoms with Gasteiger partial charge >= 0.3 is 22.4 Å². The molecule has 1 heteroatoms. The van der Waals surface area contributed by atoms with Crippen LogP contribution in [-0.4, -0.2) is 0 Å². The summed E-state index contributed by atoms with van der Waals surface area (Å²) in [5, 5.41) is 5.25. The molecule has 0 nitrogen and oxygen atoms in total. The van der Waals surface area contributed by atoms with E-state index in [1.54, 1.807) is 0 Å². The summed E-state index contributed by atoms with van der Waals surface area (Å²) in [6.45, 7) is 0. The number of rotatable bonds is 0. The molecule has 0 aliphatic heterocycles. The third-order valence-corrected chi connectivity index (χ3v) is 2.61. The molecule has 0 fully saturated rings. The molecule has 0 bridgehead atoms. The summed E-state index contributed by atoms with van der Waals surface area (Å²) in [6.07, 6.45) is 0. The molecular formula is C14H10Ag+. The van der Waals surface area contributed by atoms with Gasteiger partial charge in [-0.15, -0.1) is 0 Å². The normalized spacial score (nSPS) is 10.1. The van der Waals surface area contributed by atoms with Crippen molar-refractivity contribution in [1.29, 1.82) is 0 Å². The summed E-state index contributed by atoms with van der Waals surface area (Å²) in [7, 11) is 0. The van der Waals surface area contributed by atoms with E-state index in [0.717, 1.165) is 0 Å². The monoisotopic (exact) mass is 285 g/mol. The van der Waals surface area contributed by atoms with Crippen LogP contribution in [0.4, 0.5) is 0 Å². The van der Waals surface area contributed by atoms with Crippen LogP contribution in [0.5, 0.6) is 0 Å². The van der Waals surface area contributed by atoms with Gasteiger partial charge in [-0.1, -0.05) is 48.5 Å². The van der Waals surface area contributed by atoms with Gasteiger partial charge in [0, 0.05) is 0 Å². The molecule has 0 aliphatic carbocycles. The van der Waals surface area contributed by atoms with E-state index in [-0.39, 0.29) is 22.4 Å². The first-order valence-electron chi connectivity index (χ1n) is 4.81. The van der Waals surface area contributed by atoms with Gasteiger partial charge in [0.2, 0.25) is 0 Å². The molecule has 3 aromatic carbocycles. The molecule has 0 radical (unpaired) electrons. The molecule has 3 aromatic rings. The Labute approximate surface area is 104 Å². The second-order valence-corrected chi connectivity index (χ2v) is 3.55. The fourth-order valence-electron chi connectivity index (χ4n) is 1.88. The molecule has 0 N–H and O–H groups in total. The van der Waals surface area contributed by atoms with E-state index in [2.05, 4.69) is 60.7 Å². The van der Waals surface area contributed by atoms with Gasteiger partial charge in [0.25, 0.3) is 0 Å². The predicted molar refractivity (Wildman–Crippen MR) is 61.5 cm³/mol. The van der Waals surface area contributed by atoms with Gasteiger partial charge in [-0.05, 0) is 33.7 Å². The molecule has 3 rings (SSSR count). The summed E-state index contributed by atoms with van der Waals surface area (Å²) in [6, 6.07) is 21.4. The Morgan fingerprint density at radius 1 is 0.467 bits per heavy atom. The number of benzene rings is 3. The fraction of sp³-hybridized carbons (Fsp3) is 0. The summed E-state index contributed by atoms with van der Waals surface area (Å²) in [5.41, 5.74) is 0. The van der Waals surface area contributed by atoms with Crippen molar-refractivity contribution in [3.8, 4) is 0 Å². The third kappa shape index (κ3) is 1.84. The van der Waals surface area contributed by atoms with Crippen LogP contribution < -0.4 is 0 Å². The van der Waals surface area contributed by atoms with E-state index in [1.807, 2.05) is 0 Å². The molecule has 0 unspecified atom stereocenters. The van der Waals surface area contributed by atoms with Crippen LogP contribution in [0.15, 0.2) is 60.7 Å². The maximum absolute atomic E-state index is 2.24. The fourth-order valence-corrected chi connectivity index (χ4v) is 1.88. The molecule has 0 atom stereocenters. The van der Waals surface area contributed by atoms with Gasteiger partial charge < -0.3 is 0 Å². The van der Waals surface area contributed by atoms with Crippen LogP contribution >= 0.6 is 0 Å². The second-order valence-electron chi connectivity index (χ2n) is 3.55. The van der Waals surface area contributed by atoms with Gasteiger partial charge in [-0.2, -0.15) is 0 Å². The van der Waals surface area contributed by atoms with Gasteiger partial charge in [-0.3, -0.25) is 0 Å². The van der Waals surface area contributed by atoms with E-state index in [4.69, 9.17) is 0 Å². The van der Waals surface area contributed by atoms with Crippen LogP contribution in [-0.2, 0) is 22.4 Å². The minimum absolute atomic E-state index is 0. The van der Waals surface area contributed by atoms with Crippen LogP contribution in [0.25, 0.3) is 21.5 Å². The number of hydrogen-bond donors (Lipinski definition) is 0. The Kier molecular flexibility index (Phi) is 2.92. The minimum Gasteiger partial charge on any atom is -0.0616 e. The molecule has 76 valence electrons. The van der Waals surface area contributed by atoms with Crippen molar-refractivity contribution in [3.05, 3.63) is 60.7 Å². The summed E-state index contributed by atoms with van der Waals surface area (Å²) < 4.78 is 0. The zero-order valence-electron chi connectivity index (χ0n) is 8.08. The average Bonchev–Trinajstić information content (AvgIpc) is 2.26. The van der Waals surface area contributed by atoms with Crippen molar-refractivity contribution < 1.29 is 22.4 Å². The third-order valence-electron chi connectivity index (χ3n) is 2.61. The van der Waals surface area contributed by atoms with E-state index in [9.17, 15) is 0 Å². The van der Waals surface area contributed by atoms with E-state index in [0.29, 0.717) is 0 Å². The molecule has 0 aliphatic rings. The first kappa shape index (κ1) is 10.4. The first-order chi connectivity index (χ1) is 6.93. The van der Waals surface area contributed by atoms with E-state index >= 15 is 0 Å². The van der Waals surface area contributed by atoms with Gasteiger partial charge in [0.05, 0.1) is 0 Å². The van der Waals surface area contributed by atoms with E-state index < -0.39 is 0 Å². The van der Waals surface area contributed by atoms with Crippen molar-refractivity contribution in [2.75, 3.05) is 0 Å². The SMILES string of the molecule is [Ag+].c1ccc2cc3ccccc3cc2c1. The maximum atomic E-state index is 2.24. The Morgan fingerprint density at radius 2 is 0.733 bits per heavy atom. The zero-order chi connectivity index (χ0) is 9.38. The average molecular weight is 286 g/mol. The minimum atomic E-state index is 0. The van der Waals surface area contributed by atoms with Crippen LogP contribution in [0.1, 0.15) is 0 Å². The Bertz CT molecular complexity index is 494. The van der Waals surface area contributed by atoms with Crippen LogP contribution in [0.3, 0.4) is 0 Å². The second kappa shape index (κ2) is 4.19. The smallest absolute Gasteiger partial charge is 0.0616 e. The number of hydrogen-bond acceptors (Lipinski definition) is 0. The van der Waals surface area contributed by atoms with Crippen LogP contribution in [0.2, 0.25) is 0 Å². The molecule has 0 spiro atoms. The quantitative estimate of drug-likeness (QED) is 0.433. The molecule has 0 saturated carbocycles. The van der Waals surface area contributed by atoms with Crippen molar-refractivity contribution in [2.45, 2.75) is 0 Å². The Morgan fingerprint density at radius 3 is 1.00 bits per heavy atom. The Hall–Kier alpha value is -1.08. The number of fused-ring (bicyclic) bond motifs is 2. The molecule has 0 aromatic heterocycles. The van der Waals surface area contributed by atoms with Crippen molar-refractivity contribution >= 4 is 21.5 Å². The summed E-state index contributed by atoms with van der Waals surface area (Å²) in [4.78, 5) is 0. The largest absolute Gasteiger partial charge is 1.00 e. The predicted octanol–water partition coefficient (Wildman–Crippen LogP) is 3.99. The van der Waals surface area contributed by atoms with Gasteiger partial charge in [-0.25, -0.2) is 0 Å². The van der Waals surface area contributed by atoms with Gasteiger partial charge in [0.15, 0.2) is 0 Å². The Balaban J connectivity index is 0.000000853. The van der Waals surface area contributed by atoms with Gasteiger partial charge in [0.1, 0.15) is 0 Å². The standard InChI is InChI=1S/C14H10.Ag/c1-2-6-12-10-14-8-4-3-7-13(14)9-11(12)5-1;/h1-10H;/q;+1. The molecule has 0 amide bonds. The molecule has 0 saturated heterocycles. The maximum Gasteiger partial charge on any atom is 1.00 e. The van der Waals surface area contributed by atoms with Crippen LogP contribution in [0, 0.1) is 0 Å². The van der Waals surface area contributed by atoms with Crippen molar-refractivity contribution in [1.82, 2.24) is 0 Å². The molecular weight excluding hydrogens is 276 g/mol. The van der Waals surface area contributed by atoms with E-state index in [1.165, 1.54) is 21.5 Å². The van der Waals surface area contributed by atoms with Crippen molar-refractivity contribution in [2.24, 2.45) is 0 Å². The molecule has 0 heterocycles. The summed E-state index contributed by atoms with van der Waals surface area (Å²) in [5.74, 6) is 0. The topological polar surface area (TPSA) is 0 Å².